The fourth-order valence-corrected chi connectivity index (χ4v) is 1.67. The zero-order chi connectivity index (χ0) is 13.8. The minimum atomic E-state index is -4.28. The second kappa shape index (κ2) is 6.19. The third kappa shape index (κ3) is 5.05. The highest BCUT2D eigenvalue weighted by Crippen LogP contribution is 2.29. The van der Waals surface area contributed by atoms with E-state index in [9.17, 15) is 18.0 Å². The Bertz CT molecular complexity index is 440. The third-order valence-corrected chi connectivity index (χ3v) is 2.99. The molecule has 1 aromatic carbocycles. The minimum absolute atomic E-state index is 0.0778. The van der Waals surface area contributed by atoms with Gasteiger partial charge in [-0.1, -0.05) is 11.6 Å². The summed E-state index contributed by atoms with van der Waals surface area (Å²) in [6, 6.07) is 4.27. The molecule has 100 valence electrons. The molecule has 0 bridgehead atoms. The maximum Gasteiger partial charge on any atom is 0.441 e. The molecule has 0 aliphatic heterocycles. The van der Waals surface area contributed by atoms with Crippen molar-refractivity contribution in [2.24, 2.45) is 0 Å². The number of thioether (sulfide) groups is 1. The Morgan fingerprint density at radius 1 is 1.44 bits per heavy atom. The van der Waals surface area contributed by atoms with Gasteiger partial charge in [-0.05, 0) is 30.0 Å². The molecule has 0 atom stereocenters. The first-order chi connectivity index (χ1) is 8.29. The molecule has 0 fully saturated rings. The van der Waals surface area contributed by atoms with Crippen molar-refractivity contribution < 1.29 is 18.0 Å². The first-order valence-corrected chi connectivity index (χ1v) is 6.20. The van der Waals surface area contributed by atoms with Gasteiger partial charge in [-0.25, -0.2) is 0 Å². The average Bonchev–Trinajstić information content (AvgIpc) is 2.26. The molecule has 18 heavy (non-hydrogen) atoms. The van der Waals surface area contributed by atoms with Crippen LogP contribution < -0.4 is 11.1 Å². The Morgan fingerprint density at radius 3 is 2.67 bits per heavy atom. The molecule has 3 nitrogen and oxygen atoms in total. The number of nitrogens with one attached hydrogen (secondary N) is 1. The summed E-state index contributed by atoms with van der Waals surface area (Å²) in [5.74, 6) is -0.723. The standard InChI is InChI=1S/C10H10ClF3N2OS/c11-7-2-1-6(5-8(7)15)9(17)16-3-4-18-10(12,13)14/h1-2,5H,3-4,15H2,(H,16,17). The smallest absolute Gasteiger partial charge is 0.398 e. The molecule has 3 N–H and O–H groups in total. The molecule has 1 rings (SSSR count). The van der Waals surface area contributed by atoms with Gasteiger partial charge in [0.05, 0.1) is 10.7 Å². The van der Waals surface area contributed by atoms with Gasteiger partial charge >= 0.3 is 5.51 Å². The van der Waals surface area contributed by atoms with Crippen molar-refractivity contribution >= 4 is 35.0 Å². The number of hydrogen-bond acceptors (Lipinski definition) is 3. The molecule has 0 aliphatic carbocycles. The number of halogens is 4. The number of nitrogen functional groups attached to an aromatic ring is 1. The van der Waals surface area contributed by atoms with E-state index in [4.69, 9.17) is 17.3 Å². The summed E-state index contributed by atoms with van der Waals surface area (Å²) in [7, 11) is 0. The minimum Gasteiger partial charge on any atom is -0.398 e. The van der Waals surface area contributed by atoms with E-state index in [1.54, 1.807) is 0 Å². The number of rotatable bonds is 4. The van der Waals surface area contributed by atoms with Gasteiger partial charge in [0.25, 0.3) is 5.91 Å². The molecule has 0 spiro atoms. The number of anilines is 1. The van der Waals surface area contributed by atoms with Crippen LogP contribution in [-0.4, -0.2) is 23.7 Å². The third-order valence-electron chi connectivity index (χ3n) is 1.91. The lowest BCUT2D eigenvalue weighted by atomic mass is 10.2. The summed E-state index contributed by atoms with van der Waals surface area (Å²) in [5.41, 5.74) is 1.73. The molecule has 0 saturated carbocycles. The van der Waals surface area contributed by atoms with Crippen molar-refractivity contribution in [1.82, 2.24) is 5.32 Å². The van der Waals surface area contributed by atoms with Gasteiger partial charge in [-0.2, -0.15) is 13.2 Å². The SMILES string of the molecule is Nc1cc(C(=O)NCCSC(F)(F)F)ccc1Cl. The topological polar surface area (TPSA) is 55.1 Å². The fourth-order valence-electron chi connectivity index (χ4n) is 1.12. The first kappa shape index (κ1) is 15.0. The van der Waals surface area contributed by atoms with Crippen molar-refractivity contribution in [3.05, 3.63) is 28.8 Å². The number of amides is 1. The van der Waals surface area contributed by atoms with Gasteiger partial charge in [0.15, 0.2) is 0 Å². The van der Waals surface area contributed by atoms with E-state index < -0.39 is 11.4 Å². The zero-order valence-corrected chi connectivity index (χ0v) is 10.6. The predicted molar refractivity (Wildman–Crippen MR) is 66.7 cm³/mol. The van der Waals surface area contributed by atoms with Crippen molar-refractivity contribution in [3.8, 4) is 0 Å². The van der Waals surface area contributed by atoms with Crippen LogP contribution in [0.3, 0.4) is 0 Å². The van der Waals surface area contributed by atoms with Gasteiger partial charge in [0.1, 0.15) is 0 Å². The van der Waals surface area contributed by atoms with Crippen LogP contribution in [0.4, 0.5) is 18.9 Å². The molecule has 1 amide bonds. The number of alkyl halides is 3. The van der Waals surface area contributed by atoms with Crippen LogP contribution in [0.5, 0.6) is 0 Å². The Morgan fingerprint density at radius 2 is 2.11 bits per heavy atom. The lowest BCUT2D eigenvalue weighted by molar-refractivity contribution is -0.0327. The summed E-state index contributed by atoms with van der Waals surface area (Å²) in [6.45, 7) is -0.0778. The maximum atomic E-state index is 11.8. The van der Waals surface area contributed by atoms with Crippen molar-refractivity contribution in [3.63, 3.8) is 0 Å². The summed E-state index contributed by atoms with van der Waals surface area (Å²) in [4.78, 5) is 11.5. The van der Waals surface area contributed by atoms with E-state index in [-0.39, 0.29) is 35.3 Å². The van der Waals surface area contributed by atoms with Crippen molar-refractivity contribution in [1.29, 1.82) is 0 Å². The van der Waals surface area contributed by atoms with E-state index >= 15 is 0 Å². The van der Waals surface area contributed by atoms with Gasteiger partial charge < -0.3 is 11.1 Å². The van der Waals surface area contributed by atoms with E-state index in [1.807, 2.05) is 0 Å². The van der Waals surface area contributed by atoms with Gasteiger partial charge in [-0.15, -0.1) is 0 Å². The Labute approximate surface area is 111 Å². The highest BCUT2D eigenvalue weighted by molar-refractivity contribution is 8.00. The molecule has 0 aromatic heterocycles. The second-order valence-electron chi connectivity index (χ2n) is 3.29. The van der Waals surface area contributed by atoms with Gasteiger partial charge in [0, 0.05) is 17.9 Å². The number of nitrogens with two attached hydrogens (primary N) is 1. The van der Waals surface area contributed by atoms with Crippen LogP contribution in [0, 0.1) is 0 Å². The summed E-state index contributed by atoms with van der Waals surface area (Å²) >= 11 is 5.49. The van der Waals surface area contributed by atoms with Crippen LogP contribution in [0.1, 0.15) is 10.4 Å². The zero-order valence-electron chi connectivity index (χ0n) is 9.05. The molecule has 0 aliphatic rings. The highest BCUT2D eigenvalue weighted by atomic mass is 35.5. The fraction of sp³-hybridized carbons (Fsp3) is 0.300. The van der Waals surface area contributed by atoms with E-state index in [2.05, 4.69) is 5.32 Å². The maximum absolute atomic E-state index is 11.8. The van der Waals surface area contributed by atoms with E-state index in [1.165, 1.54) is 18.2 Å². The Hall–Kier alpha value is -1.08. The van der Waals surface area contributed by atoms with Gasteiger partial charge in [0.2, 0.25) is 0 Å². The molecule has 0 heterocycles. The lowest BCUT2D eigenvalue weighted by Crippen LogP contribution is -2.26. The highest BCUT2D eigenvalue weighted by Gasteiger charge is 2.27. The monoisotopic (exact) mass is 298 g/mol. The van der Waals surface area contributed by atoms with Crippen LogP contribution in [0.15, 0.2) is 18.2 Å². The number of hydrogen-bond donors (Lipinski definition) is 2. The molecular formula is C10H10ClF3N2OS. The summed E-state index contributed by atoms with van der Waals surface area (Å²) < 4.78 is 35.5. The normalized spacial score (nSPS) is 11.3. The van der Waals surface area contributed by atoms with Crippen LogP contribution in [0.25, 0.3) is 0 Å². The van der Waals surface area contributed by atoms with Crippen LogP contribution in [0.2, 0.25) is 5.02 Å². The molecule has 8 heteroatoms. The average molecular weight is 299 g/mol. The molecular weight excluding hydrogens is 289 g/mol. The quantitative estimate of drug-likeness (QED) is 0.664. The van der Waals surface area contributed by atoms with E-state index in [0.717, 1.165) is 0 Å². The molecule has 0 saturated heterocycles. The van der Waals surface area contributed by atoms with E-state index in [0.29, 0.717) is 5.02 Å². The molecule has 1 aromatic rings. The largest absolute Gasteiger partial charge is 0.441 e. The lowest BCUT2D eigenvalue weighted by Gasteiger charge is -2.08. The number of benzene rings is 1. The van der Waals surface area contributed by atoms with Crippen molar-refractivity contribution in [2.75, 3.05) is 18.0 Å². The molecule has 0 unspecified atom stereocenters. The predicted octanol–water partition coefficient (Wildman–Crippen LogP) is 2.91. The Balaban J connectivity index is 2.43. The van der Waals surface area contributed by atoms with Crippen molar-refractivity contribution in [2.45, 2.75) is 5.51 Å². The summed E-state index contributed by atoms with van der Waals surface area (Å²) in [5, 5.41) is 2.68. The second-order valence-corrected chi connectivity index (χ2v) is 4.85. The summed E-state index contributed by atoms with van der Waals surface area (Å²) in [6.07, 6.45) is 0. The van der Waals surface area contributed by atoms with Crippen LogP contribution >= 0.6 is 23.4 Å². The van der Waals surface area contributed by atoms with Crippen LogP contribution in [-0.2, 0) is 0 Å². The first-order valence-electron chi connectivity index (χ1n) is 4.83. The van der Waals surface area contributed by atoms with Gasteiger partial charge in [-0.3, -0.25) is 4.79 Å². The number of carbonyl (C=O) groups excluding carboxylic acids is 1. The number of carbonyl (C=O) groups is 1. The molecule has 0 radical (unpaired) electrons. The Kier molecular flexibility index (Phi) is 5.15.